The van der Waals surface area contributed by atoms with Crippen molar-refractivity contribution in [3.05, 3.63) is 29.8 Å². The normalized spacial score (nSPS) is 16.5. The van der Waals surface area contributed by atoms with Gasteiger partial charge in [0.1, 0.15) is 6.42 Å². The Labute approximate surface area is 140 Å². The van der Waals surface area contributed by atoms with Crippen molar-refractivity contribution < 1.29 is 23.9 Å². The minimum Gasteiger partial charge on any atom is -0.462 e. The number of benzene rings is 1. The molecule has 1 aliphatic heterocycles. The van der Waals surface area contributed by atoms with Crippen molar-refractivity contribution in [1.29, 1.82) is 0 Å². The molecular weight excluding hydrogens is 312 g/mol. The molecule has 1 aliphatic rings. The van der Waals surface area contributed by atoms with Gasteiger partial charge in [-0.25, -0.2) is 4.79 Å². The first-order valence-electron chi connectivity index (χ1n) is 8.04. The highest BCUT2D eigenvalue weighted by Crippen LogP contribution is 2.16. The summed E-state index contributed by atoms with van der Waals surface area (Å²) in [4.78, 5) is 35.7. The lowest BCUT2D eigenvalue weighted by Crippen LogP contribution is -2.34. The van der Waals surface area contributed by atoms with E-state index >= 15 is 0 Å². The summed E-state index contributed by atoms with van der Waals surface area (Å²) >= 11 is 0. The van der Waals surface area contributed by atoms with Crippen LogP contribution in [0.3, 0.4) is 0 Å². The van der Waals surface area contributed by atoms with Crippen molar-refractivity contribution in [3.63, 3.8) is 0 Å². The Morgan fingerprint density at radius 1 is 1.25 bits per heavy atom. The summed E-state index contributed by atoms with van der Waals surface area (Å²) in [6.45, 7) is 3.07. The average Bonchev–Trinajstić information content (AvgIpc) is 3.07. The van der Waals surface area contributed by atoms with Gasteiger partial charge in [0.05, 0.1) is 24.0 Å². The highest BCUT2D eigenvalue weighted by Gasteiger charge is 2.18. The van der Waals surface area contributed by atoms with Crippen LogP contribution in [0.15, 0.2) is 24.3 Å². The molecule has 1 fully saturated rings. The van der Waals surface area contributed by atoms with E-state index in [-0.39, 0.29) is 30.6 Å². The smallest absolute Gasteiger partial charge is 0.340 e. The topological polar surface area (TPSA) is 93.7 Å². The molecule has 7 nitrogen and oxygen atoms in total. The van der Waals surface area contributed by atoms with Gasteiger partial charge >= 0.3 is 5.97 Å². The molecule has 2 rings (SSSR count). The third-order valence-electron chi connectivity index (χ3n) is 3.57. The molecular formula is C17H22N2O5. The molecule has 1 unspecified atom stereocenters. The van der Waals surface area contributed by atoms with Crippen molar-refractivity contribution in [2.75, 3.05) is 25.1 Å². The van der Waals surface area contributed by atoms with Crippen LogP contribution >= 0.6 is 0 Å². The minimum absolute atomic E-state index is 0.0292. The number of esters is 1. The lowest BCUT2D eigenvalue weighted by molar-refractivity contribution is -0.127. The monoisotopic (exact) mass is 334 g/mol. The standard InChI is InChI=1S/C17H22N2O5/c1-2-23-17(22)13-7-3-4-8-14(13)19-16(21)10-15(20)18-11-12-6-5-9-24-12/h3-4,7-8,12H,2,5-6,9-11H2,1H3,(H,18,20)(H,19,21). The number of ether oxygens (including phenoxy) is 2. The average molecular weight is 334 g/mol. The second-order valence-electron chi connectivity index (χ2n) is 5.43. The van der Waals surface area contributed by atoms with Crippen molar-refractivity contribution >= 4 is 23.5 Å². The van der Waals surface area contributed by atoms with E-state index in [0.717, 1.165) is 12.8 Å². The number of para-hydroxylation sites is 1. The Bertz CT molecular complexity index is 596. The van der Waals surface area contributed by atoms with E-state index in [1.807, 2.05) is 0 Å². The van der Waals surface area contributed by atoms with Crippen molar-refractivity contribution in [3.8, 4) is 0 Å². The molecule has 1 aromatic rings. The zero-order valence-electron chi connectivity index (χ0n) is 13.7. The predicted octanol–water partition coefficient (Wildman–Crippen LogP) is 1.49. The fourth-order valence-electron chi connectivity index (χ4n) is 2.41. The number of carbonyl (C=O) groups excluding carboxylic acids is 3. The fourth-order valence-corrected chi connectivity index (χ4v) is 2.41. The first-order chi connectivity index (χ1) is 11.6. The van der Waals surface area contributed by atoms with E-state index < -0.39 is 11.9 Å². The maximum atomic E-state index is 12.0. The van der Waals surface area contributed by atoms with E-state index in [0.29, 0.717) is 18.8 Å². The van der Waals surface area contributed by atoms with Crippen LogP contribution in [0.4, 0.5) is 5.69 Å². The number of nitrogens with one attached hydrogen (secondary N) is 2. The quantitative estimate of drug-likeness (QED) is 0.582. The van der Waals surface area contributed by atoms with Gasteiger partial charge in [-0.1, -0.05) is 12.1 Å². The molecule has 1 atom stereocenters. The van der Waals surface area contributed by atoms with Gasteiger partial charge < -0.3 is 20.1 Å². The fraction of sp³-hybridized carbons (Fsp3) is 0.471. The highest BCUT2D eigenvalue weighted by molar-refractivity contribution is 6.06. The number of hydrogen-bond acceptors (Lipinski definition) is 5. The molecule has 1 heterocycles. The van der Waals surface area contributed by atoms with Gasteiger partial charge in [0.25, 0.3) is 0 Å². The molecule has 0 bridgehead atoms. The van der Waals surface area contributed by atoms with Crippen LogP contribution in [0, 0.1) is 0 Å². The van der Waals surface area contributed by atoms with Crippen molar-refractivity contribution in [1.82, 2.24) is 5.32 Å². The van der Waals surface area contributed by atoms with E-state index in [4.69, 9.17) is 9.47 Å². The van der Waals surface area contributed by atoms with Gasteiger partial charge in [0.15, 0.2) is 0 Å². The molecule has 0 aliphatic carbocycles. The molecule has 0 spiro atoms. The Kier molecular flexibility index (Phi) is 6.74. The van der Waals surface area contributed by atoms with E-state index in [1.165, 1.54) is 0 Å². The van der Waals surface area contributed by atoms with Crippen LogP contribution in [0.5, 0.6) is 0 Å². The number of carbonyl (C=O) groups is 3. The second-order valence-corrected chi connectivity index (χ2v) is 5.43. The largest absolute Gasteiger partial charge is 0.462 e. The molecule has 0 aromatic heterocycles. The van der Waals surface area contributed by atoms with Gasteiger partial charge in [0, 0.05) is 13.2 Å². The Hall–Kier alpha value is -2.41. The molecule has 7 heteroatoms. The summed E-state index contributed by atoms with van der Waals surface area (Å²) in [5, 5.41) is 5.26. The van der Waals surface area contributed by atoms with Gasteiger partial charge in [-0.05, 0) is 31.9 Å². The summed E-state index contributed by atoms with van der Waals surface area (Å²) in [5.41, 5.74) is 0.584. The molecule has 2 N–H and O–H groups in total. The maximum absolute atomic E-state index is 12.0. The zero-order chi connectivity index (χ0) is 17.4. The van der Waals surface area contributed by atoms with Gasteiger partial charge in [-0.15, -0.1) is 0 Å². The highest BCUT2D eigenvalue weighted by atomic mass is 16.5. The lowest BCUT2D eigenvalue weighted by Gasteiger charge is -2.12. The minimum atomic E-state index is -0.517. The van der Waals surface area contributed by atoms with Crippen LogP contribution < -0.4 is 10.6 Å². The van der Waals surface area contributed by atoms with E-state index in [9.17, 15) is 14.4 Å². The molecule has 0 saturated carbocycles. The molecule has 2 amide bonds. The Morgan fingerprint density at radius 3 is 2.75 bits per heavy atom. The number of rotatable bonds is 7. The third-order valence-corrected chi connectivity index (χ3v) is 3.57. The van der Waals surface area contributed by atoms with Gasteiger partial charge in [-0.2, -0.15) is 0 Å². The molecule has 130 valence electrons. The first-order valence-corrected chi connectivity index (χ1v) is 8.04. The first kappa shape index (κ1) is 17.9. The molecule has 0 radical (unpaired) electrons. The van der Waals surface area contributed by atoms with Gasteiger partial charge in [0.2, 0.25) is 11.8 Å². The summed E-state index contributed by atoms with van der Waals surface area (Å²) in [7, 11) is 0. The lowest BCUT2D eigenvalue weighted by atomic mass is 10.1. The maximum Gasteiger partial charge on any atom is 0.340 e. The number of anilines is 1. The van der Waals surface area contributed by atoms with E-state index in [2.05, 4.69) is 10.6 Å². The van der Waals surface area contributed by atoms with Crippen LogP contribution in [0.2, 0.25) is 0 Å². The van der Waals surface area contributed by atoms with Crippen LogP contribution in [-0.2, 0) is 19.1 Å². The summed E-state index contributed by atoms with van der Waals surface area (Å²) in [6.07, 6.45) is 1.62. The summed E-state index contributed by atoms with van der Waals surface area (Å²) < 4.78 is 10.3. The van der Waals surface area contributed by atoms with E-state index in [1.54, 1.807) is 31.2 Å². The van der Waals surface area contributed by atoms with Crippen molar-refractivity contribution in [2.24, 2.45) is 0 Å². The SMILES string of the molecule is CCOC(=O)c1ccccc1NC(=O)CC(=O)NCC1CCCO1. The molecule has 1 aromatic carbocycles. The van der Waals surface area contributed by atoms with Gasteiger partial charge in [-0.3, -0.25) is 9.59 Å². The summed E-state index contributed by atoms with van der Waals surface area (Å²) in [6, 6.07) is 6.52. The summed E-state index contributed by atoms with van der Waals surface area (Å²) in [5.74, 6) is -1.38. The Balaban J connectivity index is 1.85. The van der Waals surface area contributed by atoms with Crippen LogP contribution in [-0.4, -0.2) is 43.6 Å². The third kappa shape index (κ3) is 5.34. The number of hydrogen-bond donors (Lipinski definition) is 2. The molecule has 1 saturated heterocycles. The Morgan fingerprint density at radius 2 is 2.04 bits per heavy atom. The van der Waals surface area contributed by atoms with Crippen molar-refractivity contribution in [2.45, 2.75) is 32.3 Å². The predicted molar refractivity (Wildman–Crippen MR) is 87.6 cm³/mol. The second kappa shape index (κ2) is 9.02. The van der Waals surface area contributed by atoms with Crippen LogP contribution in [0.25, 0.3) is 0 Å². The zero-order valence-corrected chi connectivity index (χ0v) is 13.7. The molecule has 24 heavy (non-hydrogen) atoms. The van der Waals surface area contributed by atoms with Crippen LogP contribution in [0.1, 0.15) is 36.5 Å². The number of amides is 2.